The van der Waals surface area contributed by atoms with Crippen molar-refractivity contribution in [2.24, 2.45) is 0 Å². The molecular formula is C37H41ClN2O4S. The molecule has 0 spiro atoms. The van der Waals surface area contributed by atoms with Gasteiger partial charge in [-0.25, -0.2) is 0 Å². The number of hydrogen-bond donors (Lipinski definition) is 2. The van der Waals surface area contributed by atoms with Gasteiger partial charge < -0.3 is 29.5 Å². The fraction of sp³-hybridized carbons (Fsp3) is 0.351. The first-order valence-corrected chi connectivity index (χ1v) is 17.0. The minimum atomic E-state index is -1.14. The highest BCUT2D eigenvalue weighted by Gasteiger charge is 2.51. The van der Waals surface area contributed by atoms with Crippen LogP contribution in [0, 0.1) is 0 Å². The molecular weight excluding hydrogens is 604 g/mol. The predicted molar refractivity (Wildman–Crippen MR) is 182 cm³/mol. The molecule has 0 amide bonds. The fourth-order valence-corrected chi connectivity index (χ4v) is 8.08. The number of thioether (sulfide) groups is 1. The highest BCUT2D eigenvalue weighted by molar-refractivity contribution is 8.00. The van der Waals surface area contributed by atoms with E-state index in [9.17, 15) is 10.2 Å². The van der Waals surface area contributed by atoms with Gasteiger partial charge >= 0.3 is 0 Å². The fourth-order valence-electron chi connectivity index (χ4n) is 6.55. The Kier molecular flexibility index (Phi) is 10.2. The summed E-state index contributed by atoms with van der Waals surface area (Å²) < 4.78 is 13.8. The van der Waals surface area contributed by atoms with Gasteiger partial charge in [-0.1, -0.05) is 116 Å². The van der Waals surface area contributed by atoms with Crippen molar-refractivity contribution >= 4 is 29.1 Å². The largest absolute Gasteiger partial charge is 0.389 e. The van der Waals surface area contributed by atoms with E-state index in [4.69, 9.17) is 21.1 Å². The van der Waals surface area contributed by atoms with Crippen LogP contribution in [-0.2, 0) is 15.1 Å². The van der Waals surface area contributed by atoms with Crippen LogP contribution >= 0.6 is 23.4 Å². The number of fused-ring (bicyclic) bond motifs is 2. The lowest BCUT2D eigenvalue weighted by Gasteiger charge is -2.51. The van der Waals surface area contributed by atoms with E-state index in [2.05, 4.69) is 60.0 Å². The molecule has 2 aliphatic rings. The lowest BCUT2D eigenvalue weighted by atomic mass is 9.80. The van der Waals surface area contributed by atoms with Crippen LogP contribution in [0.25, 0.3) is 0 Å². The Labute approximate surface area is 275 Å². The minimum Gasteiger partial charge on any atom is -0.389 e. The molecule has 5 atom stereocenters. The third-order valence-corrected chi connectivity index (χ3v) is 10.6. The monoisotopic (exact) mass is 644 g/mol. The molecule has 0 aliphatic carbocycles. The van der Waals surface area contributed by atoms with Gasteiger partial charge in [-0.05, 0) is 48.0 Å². The van der Waals surface area contributed by atoms with Crippen molar-refractivity contribution in [1.29, 1.82) is 0 Å². The highest BCUT2D eigenvalue weighted by Crippen LogP contribution is 2.48. The summed E-state index contributed by atoms with van der Waals surface area (Å²) in [7, 11) is 0. The molecule has 2 N–H and O–H groups in total. The number of ether oxygens (including phenoxy) is 2. The summed E-state index contributed by atoms with van der Waals surface area (Å²) in [5.74, 6) is 0. The number of anilines is 1. The molecule has 6 nitrogen and oxygen atoms in total. The van der Waals surface area contributed by atoms with Gasteiger partial charge in [-0.2, -0.15) is 0 Å². The third kappa shape index (κ3) is 6.41. The SMILES string of the molecule is CCN(CC)CCN1c2cc(Cl)ccc2S[C@H]2[C@@H](O)[C@H](O)[C@@H](COC(c3ccccc3)(c3ccccc3)c3ccccc3)O[C@H]21. The molecule has 6 rings (SSSR count). The number of aliphatic hydroxyl groups excluding tert-OH is 2. The second kappa shape index (κ2) is 14.3. The number of nitrogens with zero attached hydrogens (tertiary/aromatic N) is 2. The lowest BCUT2D eigenvalue weighted by molar-refractivity contribution is -0.191. The smallest absolute Gasteiger partial charge is 0.145 e. The quantitative estimate of drug-likeness (QED) is 0.183. The Balaban J connectivity index is 1.36. The van der Waals surface area contributed by atoms with Crippen molar-refractivity contribution in [3.63, 3.8) is 0 Å². The van der Waals surface area contributed by atoms with Gasteiger partial charge in [0, 0.05) is 23.0 Å². The summed E-state index contributed by atoms with van der Waals surface area (Å²) in [5.41, 5.74) is 2.89. The Morgan fingerprint density at radius 2 is 1.38 bits per heavy atom. The maximum Gasteiger partial charge on any atom is 0.145 e. The summed E-state index contributed by atoms with van der Waals surface area (Å²) in [4.78, 5) is 5.59. The molecule has 4 aromatic rings. The number of rotatable bonds is 11. The molecule has 8 heteroatoms. The van der Waals surface area contributed by atoms with Crippen LogP contribution in [0.4, 0.5) is 5.69 Å². The molecule has 0 bridgehead atoms. The van der Waals surface area contributed by atoms with Crippen molar-refractivity contribution in [3.05, 3.63) is 131 Å². The third-order valence-electron chi connectivity index (χ3n) is 9.02. The van der Waals surface area contributed by atoms with Crippen molar-refractivity contribution in [2.75, 3.05) is 37.7 Å². The summed E-state index contributed by atoms with van der Waals surface area (Å²) in [6, 6.07) is 36.3. The standard InChI is InChI=1S/C37H41ClN2O4S/c1-3-39(4-2)22-23-40-30-24-29(38)20-21-32(30)45-35-34(42)33(41)31(44-36(35)40)25-43-37(26-14-8-5-9-15-26,27-16-10-6-11-17-27)28-18-12-7-13-19-28/h5-21,24,31,33-36,41-42H,3-4,22-23,25H2,1-2H3/t31-,33-,34+,35+,36-/m1/s1. The first kappa shape index (κ1) is 32.1. The van der Waals surface area contributed by atoms with Crippen molar-refractivity contribution in [2.45, 2.75) is 54.1 Å². The molecule has 0 radical (unpaired) electrons. The summed E-state index contributed by atoms with van der Waals surface area (Å²) in [5, 5.41) is 23.4. The molecule has 45 heavy (non-hydrogen) atoms. The first-order chi connectivity index (χ1) is 22.0. The molecule has 0 saturated carbocycles. The normalized spacial score (nSPS) is 23.1. The van der Waals surface area contributed by atoms with Crippen LogP contribution in [-0.4, -0.2) is 77.7 Å². The summed E-state index contributed by atoms with van der Waals surface area (Å²) >= 11 is 8.03. The molecule has 0 aromatic heterocycles. The maximum absolute atomic E-state index is 11.6. The molecule has 1 saturated heterocycles. The Bertz CT molecular complexity index is 1430. The molecule has 236 valence electrons. The Morgan fingerprint density at radius 1 is 0.822 bits per heavy atom. The van der Waals surface area contributed by atoms with Crippen LogP contribution in [0.15, 0.2) is 114 Å². The second-order valence-electron chi connectivity index (χ2n) is 11.6. The van der Waals surface area contributed by atoms with E-state index in [1.165, 1.54) is 11.8 Å². The van der Waals surface area contributed by atoms with Gasteiger partial charge in [0.05, 0.1) is 23.6 Å². The van der Waals surface area contributed by atoms with Crippen molar-refractivity contribution in [1.82, 2.24) is 4.90 Å². The first-order valence-electron chi connectivity index (χ1n) is 15.7. The molecule has 4 aromatic carbocycles. The van der Waals surface area contributed by atoms with E-state index >= 15 is 0 Å². The lowest BCUT2D eigenvalue weighted by Crippen LogP contribution is -2.64. The van der Waals surface area contributed by atoms with Crippen LogP contribution < -0.4 is 4.90 Å². The van der Waals surface area contributed by atoms with E-state index in [1.54, 1.807) is 0 Å². The zero-order chi connectivity index (χ0) is 31.4. The Hall–Kier alpha value is -2.88. The van der Waals surface area contributed by atoms with Gasteiger partial charge in [0.15, 0.2) is 0 Å². The Morgan fingerprint density at radius 3 is 1.91 bits per heavy atom. The van der Waals surface area contributed by atoms with Gasteiger partial charge in [0.25, 0.3) is 0 Å². The van der Waals surface area contributed by atoms with E-state index in [0.29, 0.717) is 11.6 Å². The number of hydrogen-bond acceptors (Lipinski definition) is 7. The van der Waals surface area contributed by atoms with Crippen LogP contribution in [0.5, 0.6) is 0 Å². The summed E-state index contributed by atoms with van der Waals surface area (Å²) in [6.45, 7) is 7.77. The molecule has 2 heterocycles. The maximum atomic E-state index is 11.6. The zero-order valence-corrected chi connectivity index (χ0v) is 27.3. The zero-order valence-electron chi connectivity index (χ0n) is 25.7. The van der Waals surface area contributed by atoms with Gasteiger partial charge in [-0.3, -0.25) is 0 Å². The van der Waals surface area contributed by atoms with Gasteiger partial charge in [0.1, 0.15) is 24.0 Å². The minimum absolute atomic E-state index is 0.0527. The highest BCUT2D eigenvalue weighted by atomic mass is 35.5. The molecule has 1 fully saturated rings. The number of halogens is 1. The van der Waals surface area contributed by atoms with Crippen molar-refractivity contribution < 1.29 is 19.7 Å². The predicted octanol–water partition coefficient (Wildman–Crippen LogP) is 6.42. The molecule has 2 aliphatic heterocycles. The average molecular weight is 645 g/mol. The van der Waals surface area contributed by atoms with E-state index < -0.39 is 30.1 Å². The van der Waals surface area contributed by atoms with Crippen molar-refractivity contribution in [3.8, 4) is 0 Å². The van der Waals surface area contributed by atoms with E-state index in [0.717, 1.165) is 46.9 Å². The second-order valence-corrected chi connectivity index (χ2v) is 13.2. The average Bonchev–Trinajstić information content (AvgIpc) is 3.09. The number of benzene rings is 4. The van der Waals surface area contributed by atoms with Gasteiger partial charge in [-0.15, -0.1) is 11.8 Å². The van der Waals surface area contributed by atoms with Crippen LogP contribution in [0.2, 0.25) is 5.02 Å². The topological polar surface area (TPSA) is 65.4 Å². The molecule has 0 unspecified atom stereocenters. The number of aliphatic hydroxyl groups is 2. The van der Waals surface area contributed by atoms with Crippen LogP contribution in [0.3, 0.4) is 0 Å². The van der Waals surface area contributed by atoms with Crippen LogP contribution in [0.1, 0.15) is 30.5 Å². The van der Waals surface area contributed by atoms with E-state index in [-0.39, 0.29) is 11.9 Å². The number of likely N-dealkylation sites (N-methyl/N-ethyl adjacent to an activating group) is 1. The summed E-state index contributed by atoms with van der Waals surface area (Å²) in [6.07, 6.45) is -3.43. The van der Waals surface area contributed by atoms with Gasteiger partial charge in [0.2, 0.25) is 0 Å². The van der Waals surface area contributed by atoms with E-state index in [1.807, 2.05) is 72.8 Å².